The molecule has 0 unspecified atom stereocenters. The maximum Gasteiger partial charge on any atom is 0.248 e. The van der Waals surface area contributed by atoms with Crippen LogP contribution in [0.2, 0.25) is 0 Å². The molecule has 0 saturated carbocycles. The number of carbonyl (C=O) groups excluding carboxylic acids is 4. The van der Waals surface area contributed by atoms with E-state index < -0.39 is 11.3 Å². The summed E-state index contributed by atoms with van der Waals surface area (Å²) in [4.78, 5) is 48.7. The zero-order chi connectivity index (χ0) is 20.6. The summed E-state index contributed by atoms with van der Waals surface area (Å²) < 4.78 is 0. The van der Waals surface area contributed by atoms with Crippen molar-refractivity contribution in [3.8, 4) is 0 Å². The molecule has 8 heteroatoms. The predicted octanol–water partition coefficient (Wildman–Crippen LogP) is 1.12. The number of hydrogen-bond acceptors (Lipinski definition) is 4. The fraction of sp³-hybridized carbons (Fsp3) is 0.474. The normalized spacial score (nSPS) is 10.8. The number of nitrogens with two attached hydrogens (primary N) is 1. The van der Waals surface area contributed by atoms with Gasteiger partial charge in [-0.3, -0.25) is 19.2 Å². The fourth-order valence-corrected chi connectivity index (χ4v) is 2.17. The smallest absolute Gasteiger partial charge is 0.248 e. The third kappa shape index (κ3) is 7.47. The minimum Gasteiger partial charge on any atom is -0.366 e. The number of carbonyl (C=O) groups is 4. The van der Waals surface area contributed by atoms with Gasteiger partial charge >= 0.3 is 0 Å². The van der Waals surface area contributed by atoms with E-state index in [9.17, 15) is 19.2 Å². The molecular weight excluding hydrogens is 348 g/mol. The van der Waals surface area contributed by atoms with E-state index in [-0.39, 0.29) is 37.2 Å². The van der Waals surface area contributed by atoms with Gasteiger partial charge in [0.1, 0.15) is 0 Å². The van der Waals surface area contributed by atoms with Crippen molar-refractivity contribution in [1.29, 1.82) is 0 Å². The van der Waals surface area contributed by atoms with Crippen molar-refractivity contribution < 1.29 is 19.2 Å². The first-order chi connectivity index (χ1) is 12.5. The van der Waals surface area contributed by atoms with Gasteiger partial charge in [-0.2, -0.15) is 0 Å². The first-order valence-electron chi connectivity index (χ1n) is 8.80. The van der Waals surface area contributed by atoms with Crippen LogP contribution in [0.3, 0.4) is 0 Å². The standard InChI is InChI=1S/C19H28N4O4/c1-5-23(16(25)12-21-18(27)19(2,3)4)11-10-15(24)22-14-8-6-13(7-9-14)17(20)26/h6-9H,5,10-12H2,1-4H3,(H2,20,26)(H,21,27)(H,22,24). The number of anilines is 1. The number of hydrogen-bond donors (Lipinski definition) is 3. The number of amides is 4. The highest BCUT2D eigenvalue weighted by Gasteiger charge is 2.22. The Balaban J connectivity index is 2.48. The van der Waals surface area contributed by atoms with Gasteiger partial charge in [0.25, 0.3) is 0 Å². The van der Waals surface area contributed by atoms with E-state index in [2.05, 4.69) is 10.6 Å². The molecule has 0 fully saturated rings. The van der Waals surface area contributed by atoms with E-state index in [1.165, 1.54) is 17.0 Å². The van der Waals surface area contributed by atoms with E-state index in [0.717, 1.165) is 0 Å². The number of nitrogens with zero attached hydrogens (tertiary/aromatic N) is 1. The monoisotopic (exact) mass is 376 g/mol. The van der Waals surface area contributed by atoms with Crippen LogP contribution in [0.5, 0.6) is 0 Å². The van der Waals surface area contributed by atoms with Crippen LogP contribution >= 0.6 is 0 Å². The van der Waals surface area contributed by atoms with Crippen molar-refractivity contribution in [1.82, 2.24) is 10.2 Å². The van der Waals surface area contributed by atoms with Crippen molar-refractivity contribution in [2.24, 2.45) is 11.1 Å². The topological polar surface area (TPSA) is 122 Å². The Morgan fingerprint density at radius 2 is 1.67 bits per heavy atom. The average molecular weight is 376 g/mol. The SMILES string of the molecule is CCN(CCC(=O)Nc1ccc(C(N)=O)cc1)C(=O)CNC(=O)C(C)(C)C. The quantitative estimate of drug-likeness (QED) is 0.629. The summed E-state index contributed by atoms with van der Waals surface area (Å²) in [6, 6.07) is 6.22. The maximum absolute atomic E-state index is 12.2. The van der Waals surface area contributed by atoms with Gasteiger partial charge < -0.3 is 21.3 Å². The van der Waals surface area contributed by atoms with Crippen LogP contribution in [0.25, 0.3) is 0 Å². The van der Waals surface area contributed by atoms with Crippen molar-refractivity contribution >= 4 is 29.3 Å². The molecule has 27 heavy (non-hydrogen) atoms. The fourth-order valence-electron chi connectivity index (χ4n) is 2.17. The van der Waals surface area contributed by atoms with E-state index in [4.69, 9.17) is 5.73 Å². The van der Waals surface area contributed by atoms with E-state index >= 15 is 0 Å². The number of likely N-dealkylation sites (N-methyl/N-ethyl adjacent to an activating group) is 1. The van der Waals surface area contributed by atoms with Crippen LogP contribution in [0.4, 0.5) is 5.69 Å². The zero-order valence-corrected chi connectivity index (χ0v) is 16.3. The van der Waals surface area contributed by atoms with E-state index in [1.54, 1.807) is 32.9 Å². The molecule has 0 heterocycles. The first-order valence-corrected chi connectivity index (χ1v) is 8.80. The van der Waals surface area contributed by atoms with Crippen molar-refractivity contribution in [3.05, 3.63) is 29.8 Å². The molecule has 0 aromatic heterocycles. The number of nitrogens with one attached hydrogen (secondary N) is 2. The van der Waals surface area contributed by atoms with Crippen LogP contribution in [-0.4, -0.2) is 48.2 Å². The summed E-state index contributed by atoms with van der Waals surface area (Å²) in [5.41, 5.74) is 5.49. The molecule has 0 bridgehead atoms. The van der Waals surface area contributed by atoms with Gasteiger partial charge in [-0.05, 0) is 31.2 Å². The minimum atomic E-state index is -0.568. The van der Waals surface area contributed by atoms with Gasteiger partial charge in [0.2, 0.25) is 23.6 Å². The molecule has 1 aromatic rings. The molecule has 0 aliphatic heterocycles. The Hall–Kier alpha value is -2.90. The molecule has 1 rings (SSSR count). The van der Waals surface area contributed by atoms with Gasteiger partial charge in [-0.1, -0.05) is 20.8 Å². The molecule has 4 N–H and O–H groups in total. The molecular formula is C19H28N4O4. The van der Waals surface area contributed by atoms with Gasteiger partial charge in [0.15, 0.2) is 0 Å². The largest absolute Gasteiger partial charge is 0.366 e. The summed E-state index contributed by atoms with van der Waals surface area (Å²) in [6.07, 6.45) is 0.115. The van der Waals surface area contributed by atoms with Crippen molar-refractivity contribution in [3.63, 3.8) is 0 Å². The van der Waals surface area contributed by atoms with Gasteiger partial charge in [-0.25, -0.2) is 0 Å². The number of primary amides is 1. The molecule has 8 nitrogen and oxygen atoms in total. The minimum absolute atomic E-state index is 0.0971. The van der Waals surface area contributed by atoms with E-state index in [0.29, 0.717) is 17.8 Å². The Labute approximate surface area is 159 Å². The molecule has 0 saturated heterocycles. The van der Waals surface area contributed by atoms with Gasteiger partial charge in [0, 0.05) is 36.2 Å². The summed E-state index contributed by atoms with van der Waals surface area (Å²) in [7, 11) is 0. The lowest BCUT2D eigenvalue weighted by Gasteiger charge is -2.23. The summed E-state index contributed by atoms with van der Waals surface area (Å²) in [6.45, 7) is 7.70. The third-order valence-electron chi connectivity index (χ3n) is 3.88. The maximum atomic E-state index is 12.2. The molecule has 1 aromatic carbocycles. The average Bonchev–Trinajstić information content (AvgIpc) is 2.59. The highest BCUT2D eigenvalue weighted by atomic mass is 16.2. The Morgan fingerprint density at radius 3 is 2.15 bits per heavy atom. The van der Waals surface area contributed by atoms with Crippen LogP contribution in [0.15, 0.2) is 24.3 Å². The molecule has 0 aliphatic rings. The lowest BCUT2D eigenvalue weighted by molar-refractivity contribution is -0.135. The summed E-state index contributed by atoms with van der Waals surface area (Å²) >= 11 is 0. The first kappa shape index (κ1) is 22.1. The second kappa shape index (κ2) is 9.70. The lowest BCUT2D eigenvalue weighted by atomic mass is 9.96. The molecule has 0 atom stereocenters. The lowest BCUT2D eigenvalue weighted by Crippen LogP contribution is -2.44. The second-order valence-electron chi connectivity index (χ2n) is 7.15. The molecule has 148 valence electrons. The highest BCUT2D eigenvalue weighted by molar-refractivity contribution is 5.95. The zero-order valence-electron chi connectivity index (χ0n) is 16.3. The van der Waals surface area contributed by atoms with Crippen LogP contribution in [0, 0.1) is 5.41 Å². The summed E-state index contributed by atoms with van der Waals surface area (Å²) in [5.74, 6) is -1.24. The predicted molar refractivity (Wildman–Crippen MR) is 103 cm³/mol. The van der Waals surface area contributed by atoms with Crippen LogP contribution in [-0.2, 0) is 14.4 Å². The second-order valence-corrected chi connectivity index (χ2v) is 7.15. The molecule has 0 aliphatic carbocycles. The highest BCUT2D eigenvalue weighted by Crippen LogP contribution is 2.12. The number of benzene rings is 1. The Morgan fingerprint density at radius 1 is 1.07 bits per heavy atom. The number of rotatable bonds is 8. The summed E-state index contributed by atoms with van der Waals surface area (Å²) in [5, 5.41) is 5.31. The Kier molecular flexibility index (Phi) is 7.96. The molecule has 4 amide bonds. The van der Waals surface area contributed by atoms with Crippen LogP contribution < -0.4 is 16.4 Å². The Bertz CT molecular complexity index is 693. The third-order valence-corrected chi connectivity index (χ3v) is 3.88. The van der Waals surface area contributed by atoms with Crippen LogP contribution in [0.1, 0.15) is 44.5 Å². The molecule has 0 radical (unpaired) electrons. The van der Waals surface area contributed by atoms with Crippen molar-refractivity contribution in [2.45, 2.75) is 34.1 Å². The van der Waals surface area contributed by atoms with Gasteiger partial charge in [0.05, 0.1) is 6.54 Å². The van der Waals surface area contributed by atoms with Crippen molar-refractivity contribution in [2.75, 3.05) is 25.0 Å². The van der Waals surface area contributed by atoms with E-state index in [1.807, 2.05) is 6.92 Å². The molecule has 0 spiro atoms. The van der Waals surface area contributed by atoms with Gasteiger partial charge in [-0.15, -0.1) is 0 Å².